The summed E-state index contributed by atoms with van der Waals surface area (Å²) in [6.45, 7) is 1.28. The molecule has 0 N–H and O–H groups in total. The fraction of sp³-hybridized carbons (Fsp3) is 0.857. The van der Waals surface area contributed by atoms with Crippen molar-refractivity contribution in [1.29, 1.82) is 0 Å². The van der Waals surface area contributed by atoms with Crippen molar-refractivity contribution in [3.05, 3.63) is 0 Å². The highest BCUT2D eigenvalue weighted by atomic mass is 32.2. The van der Waals surface area contributed by atoms with Crippen LogP contribution in [0.25, 0.3) is 0 Å². The molecular formula is C7H11F3N2OS. The van der Waals surface area contributed by atoms with E-state index in [1.807, 2.05) is 10.6 Å². The molecule has 1 rings (SSSR count). The zero-order valence-electron chi connectivity index (χ0n) is 7.67. The highest BCUT2D eigenvalue weighted by molar-refractivity contribution is 7.96. The molecule has 3 nitrogen and oxygen atoms in total. The second kappa shape index (κ2) is 4.39. The number of rotatable bonds is 1. The van der Waals surface area contributed by atoms with E-state index in [0.717, 1.165) is 4.90 Å². The van der Waals surface area contributed by atoms with Crippen LogP contribution >= 0.6 is 11.9 Å². The van der Waals surface area contributed by atoms with Crippen molar-refractivity contribution in [2.45, 2.75) is 6.18 Å². The summed E-state index contributed by atoms with van der Waals surface area (Å²) in [5, 5.41) is 0. The number of piperazine rings is 1. The molecule has 0 spiro atoms. The van der Waals surface area contributed by atoms with E-state index in [-0.39, 0.29) is 13.1 Å². The van der Waals surface area contributed by atoms with Gasteiger partial charge in [0, 0.05) is 26.2 Å². The molecule has 1 amide bonds. The Morgan fingerprint density at radius 2 is 1.71 bits per heavy atom. The minimum atomic E-state index is -4.73. The molecule has 0 saturated carbocycles. The van der Waals surface area contributed by atoms with Gasteiger partial charge in [-0.3, -0.25) is 4.79 Å². The number of hydrogen-bond acceptors (Lipinski definition) is 3. The quantitative estimate of drug-likeness (QED) is 0.625. The zero-order valence-corrected chi connectivity index (χ0v) is 8.49. The molecule has 0 aromatic carbocycles. The lowest BCUT2D eigenvalue weighted by Crippen LogP contribution is -2.50. The van der Waals surface area contributed by atoms with E-state index >= 15 is 0 Å². The van der Waals surface area contributed by atoms with Gasteiger partial charge in [-0.25, -0.2) is 4.31 Å². The number of halogens is 3. The Morgan fingerprint density at radius 3 is 2.07 bits per heavy atom. The third kappa shape index (κ3) is 2.78. The van der Waals surface area contributed by atoms with Crippen LogP contribution in [0.1, 0.15) is 0 Å². The molecule has 7 heteroatoms. The fourth-order valence-electron chi connectivity index (χ4n) is 1.25. The van der Waals surface area contributed by atoms with Crippen LogP contribution in [0.4, 0.5) is 13.2 Å². The van der Waals surface area contributed by atoms with Crippen LogP contribution in [0.3, 0.4) is 0 Å². The van der Waals surface area contributed by atoms with Crippen molar-refractivity contribution in [2.75, 3.05) is 32.4 Å². The smallest absolute Gasteiger partial charge is 0.332 e. The SMILES string of the molecule is CSN1CCN(C(=O)C(F)(F)F)CC1. The third-order valence-corrected chi connectivity index (χ3v) is 2.91. The largest absolute Gasteiger partial charge is 0.471 e. The molecule has 82 valence electrons. The normalized spacial score (nSPS) is 19.9. The molecule has 14 heavy (non-hydrogen) atoms. The Hall–Kier alpha value is -0.430. The number of alkyl halides is 3. The first kappa shape index (κ1) is 11.6. The Labute approximate surface area is 84.4 Å². The van der Waals surface area contributed by atoms with Crippen molar-refractivity contribution in [3.8, 4) is 0 Å². The molecular weight excluding hydrogens is 217 g/mol. The predicted molar refractivity (Wildman–Crippen MR) is 47.7 cm³/mol. The van der Waals surface area contributed by atoms with Crippen LogP contribution in [-0.2, 0) is 4.79 Å². The number of amides is 1. The highest BCUT2D eigenvalue weighted by Gasteiger charge is 2.43. The molecule has 0 atom stereocenters. The maximum Gasteiger partial charge on any atom is 0.471 e. The van der Waals surface area contributed by atoms with Crippen molar-refractivity contribution in [1.82, 2.24) is 9.21 Å². The van der Waals surface area contributed by atoms with Gasteiger partial charge < -0.3 is 4.90 Å². The van der Waals surface area contributed by atoms with Gasteiger partial charge in [-0.05, 0) is 6.26 Å². The average molecular weight is 228 g/mol. The van der Waals surface area contributed by atoms with Crippen molar-refractivity contribution in [2.24, 2.45) is 0 Å². The first-order valence-electron chi connectivity index (χ1n) is 4.10. The maximum atomic E-state index is 12.0. The average Bonchev–Trinajstić information content (AvgIpc) is 2.15. The van der Waals surface area contributed by atoms with Gasteiger partial charge in [0.25, 0.3) is 0 Å². The van der Waals surface area contributed by atoms with Crippen LogP contribution in [-0.4, -0.2) is 53.7 Å². The molecule has 0 aromatic heterocycles. The standard InChI is InChI=1S/C7H11F3N2OS/c1-14-12-4-2-11(3-5-12)6(13)7(8,9)10/h2-5H2,1H3. The first-order chi connectivity index (χ1) is 6.45. The predicted octanol–water partition coefficient (Wildman–Crippen LogP) is 0.971. The summed E-state index contributed by atoms with van der Waals surface area (Å²) in [5.41, 5.74) is 0. The van der Waals surface area contributed by atoms with E-state index in [9.17, 15) is 18.0 Å². The van der Waals surface area contributed by atoms with Crippen LogP contribution in [0.15, 0.2) is 0 Å². The molecule has 0 unspecified atom stereocenters. The van der Waals surface area contributed by atoms with Gasteiger partial charge in [-0.15, -0.1) is 0 Å². The van der Waals surface area contributed by atoms with E-state index in [4.69, 9.17) is 0 Å². The fourth-order valence-corrected chi connectivity index (χ4v) is 1.78. The summed E-state index contributed by atoms with van der Waals surface area (Å²) >= 11 is 1.48. The van der Waals surface area contributed by atoms with Crippen molar-refractivity contribution < 1.29 is 18.0 Å². The van der Waals surface area contributed by atoms with Crippen LogP contribution < -0.4 is 0 Å². The molecule has 0 radical (unpaired) electrons. The Bertz CT molecular complexity index is 213. The number of nitrogens with zero attached hydrogens (tertiary/aromatic N) is 2. The summed E-state index contributed by atoms with van der Waals surface area (Å²) in [6.07, 6.45) is -2.87. The second-order valence-corrected chi connectivity index (χ2v) is 3.78. The lowest BCUT2D eigenvalue weighted by Gasteiger charge is -2.33. The van der Waals surface area contributed by atoms with E-state index in [2.05, 4.69) is 0 Å². The Kier molecular flexibility index (Phi) is 3.65. The summed E-state index contributed by atoms with van der Waals surface area (Å²) in [7, 11) is 0. The van der Waals surface area contributed by atoms with Crippen molar-refractivity contribution in [3.63, 3.8) is 0 Å². The van der Waals surface area contributed by atoms with E-state index < -0.39 is 12.1 Å². The molecule has 1 aliphatic heterocycles. The van der Waals surface area contributed by atoms with Gasteiger partial charge in [0.15, 0.2) is 0 Å². The van der Waals surface area contributed by atoms with Gasteiger partial charge in [-0.2, -0.15) is 13.2 Å². The Morgan fingerprint density at radius 1 is 1.21 bits per heavy atom. The van der Waals surface area contributed by atoms with Crippen LogP contribution in [0.2, 0.25) is 0 Å². The van der Waals surface area contributed by atoms with Gasteiger partial charge in [0.05, 0.1) is 0 Å². The molecule has 0 aromatic rings. The monoisotopic (exact) mass is 228 g/mol. The highest BCUT2D eigenvalue weighted by Crippen LogP contribution is 2.20. The number of carbonyl (C=O) groups excluding carboxylic acids is 1. The minimum absolute atomic E-state index is 0.152. The molecule has 1 saturated heterocycles. The second-order valence-electron chi connectivity index (χ2n) is 2.90. The molecule has 1 fully saturated rings. The summed E-state index contributed by atoms with van der Waals surface area (Å²) in [6, 6.07) is 0. The number of hydrogen-bond donors (Lipinski definition) is 0. The summed E-state index contributed by atoms with van der Waals surface area (Å²) in [4.78, 5) is 11.6. The molecule has 0 aliphatic carbocycles. The van der Waals surface area contributed by atoms with Gasteiger partial charge in [-0.1, -0.05) is 11.9 Å². The van der Waals surface area contributed by atoms with Gasteiger partial charge in [0.2, 0.25) is 0 Å². The zero-order chi connectivity index (χ0) is 10.8. The van der Waals surface area contributed by atoms with Gasteiger partial charge >= 0.3 is 12.1 Å². The van der Waals surface area contributed by atoms with Gasteiger partial charge in [0.1, 0.15) is 0 Å². The van der Waals surface area contributed by atoms with Crippen LogP contribution in [0, 0.1) is 0 Å². The lowest BCUT2D eigenvalue weighted by molar-refractivity contribution is -0.186. The first-order valence-corrected chi connectivity index (χ1v) is 5.28. The third-order valence-electron chi connectivity index (χ3n) is 2.03. The van der Waals surface area contributed by atoms with E-state index in [0.29, 0.717) is 13.1 Å². The molecule has 1 aliphatic rings. The van der Waals surface area contributed by atoms with E-state index in [1.54, 1.807) is 0 Å². The number of carbonyl (C=O) groups is 1. The van der Waals surface area contributed by atoms with Crippen LogP contribution in [0.5, 0.6) is 0 Å². The summed E-state index contributed by atoms with van der Waals surface area (Å²) in [5.74, 6) is -1.72. The maximum absolute atomic E-state index is 12.0. The van der Waals surface area contributed by atoms with Crippen molar-refractivity contribution >= 4 is 17.9 Å². The topological polar surface area (TPSA) is 23.6 Å². The summed E-state index contributed by atoms with van der Waals surface area (Å²) < 4.78 is 37.9. The van der Waals surface area contributed by atoms with E-state index in [1.165, 1.54) is 11.9 Å². The lowest BCUT2D eigenvalue weighted by atomic mass is 10.3. The molecule has 0 bridgehead atoms. The molecule has 1 heterocycles. The Balaban J connectivity index is 2.46. The minimum Gasteiger partial charge on any atom is -0.332 e.